The molecule has 1 aliphatic rings. The number of aromatic carboxylic acids is 1. The Hall–Kier alpha value is -3.26. The lowest BCUT2D eigenvalue weighted by Gasteiger charge is -2.07. The van der Waals surface area contributed by atoms with Crippen molar-refractivity contribution in [2.45, 2.75) is 6.92 Å². The summed E-state index contributed by atoms with van der Waals surface area (Å²) in [6.07, 6.45) is 1.71. The molecule has 0 spiro atoms. The second kappa shape index (κ2) is 8.18. The van der Waals surface area contributed by atoms with E-state index in [4.69, 9.17) is 9.84 Å². The van der Waals surface area contributed by atoms with E-state index in [1.54, 1.807) is 37.4 Å². The Kier molecular flexibility index (Phi) is 5.70. The first-order valence-corrected chi connectivity index (χ1v) is 9.26. The zero-order valence-corrected chi connectivity index (χ0v) is 16.1. The molecule has 0 bridgehead atoms. The zero-order chi connectivity index (χ0) is 20.3. The molecule has 1 aliphatic heterocycles. The van der Waals surface area contributed by atoms with Crippen LogP contribution in [-0.4, -0.2) is 45.8 Å². The van der Waals surface area contributed by atoms with Crippen LogP contribution in [0.15, 0.2) is 52.4 Å². The molecule has 2 aromatic rings. The van der Waals surface area contributed by atoms with E-state index in [0.29, 0.717) is 28.1 Å². The predicted molar refractivity (Wildman–Crippen MR) is 108 cm³/mol. The van der Waals surface area contributed by atoms with Gasteiger partial charge in [0.1, 0.15) is 0 Å². The van der Waals surface area contributed by atoms with E-state index < -0.39 is 5.97 Å². The molecule has 8 heteroatoms. The van der Waals surface area contributed by atoms with Gasteiger partial charge in [-0.25, -0.2) is 9.79 Å². The van der Waals surface area contributed by atoms with Gasteiger partial charge in [0.15, 0.2) is 16.7 Å². The Balaban J connectivity index is 1.85. The Morgan fingerprint density at radius 3 is 2.61 bits per heavy atom. The number of likely N-dealkylation sites (N-methyl/N-ethyl adjacent to an activating group) is 1. The van der Waals surface area contributed by atoms with Crippen LogP contribution in [0.5, 0.6) is 11.5 Å². The highest BCUT2D eigenvalue weighted by Gasteiger charge is 2.30. The first-order valence-electron chi connectivity index (χ1n) is 8.44. The van der Waals surface area contributed by atoms with Crippen molar-refractivity contribution in [3.63, 3.8) is 0 Å². The number of aliphatic imine (C=N–C) groups is 1. The van der Waals surface area contributed by atoms with Crippen molar-refractivity contribution < 1.29 is 24.5 Å². The molecule has 2 N–H and O–H groups in total. The Morgan fingerprint density at radius 2 is 1.96 bits per heavy atom. The fourth-order valence-electron chi connectivity index (χ4n) is 2.48. The number of carboxylic acid groups (broad SMARTS) is 1. The van der Waals surface area contributed by atoms with Crippen LogP contribution in [0.1, 0.15) is 22.8 Å². The molecule has 0 saturated carbocycles. The van der Waals surface area contributed by atoms with Crippen LogP contribution < -0.4 is 4.74 Å². The maximum atomic E-state index is 12.5. The fourth-order valence-corrected chi connectivity index (χ4v) is 3.47. The molecule has 1 heterocycles. The van der Waals surface area contributed by atoms with Gasteiger partial charge in [-0.2, -0.15) is 0 Å². The predicted octanol–water partition coefficient (Wildman–Crippen LogP) is 3.72. The average molecular weight is 398 g/mol. The van der Waals surface area contributed by atoms with Gasteiger partial charge in [0, 0.05) is 7.05 Å². The van der Waals surface area contributed by atoms with Crippen molar-refractivity contribution >= 4 is 40.6 Å². The standard InChI is InChI=1S/C20H18N2O5S/c1-3-27-16-10-12(4-9-15(16)23)11-17-18(24)22(2)20(28-17)21-14-7-5-13(6-8-14)19(25)26/h4-11,23H,3H2,1-2H3,(H,25,26)/b17-11+,21-20?. The van der Waals surface area contributed by atoms with Crippen LogP contribution >= 0.6 is 11.8 Å². The summed E-state index contributed by atoms with van der Waals surface area (Å²) < 4.78 is 5.37. The number of hydrogen-bond donors (Lipinski definition) is 2. The van der Waals surface area contributed by atoms with Crippen LogP contribution in [0.25, 0.3) is 6.08 Å². The number of rotatable bonds is 5. The third-order valence-corrected chi connectivity index (χ3v) is 4.98. The molecule has 7 nitrogen and oxygen atoms in total. The number of carboxylic acids is 1. The lowest BCUT2D eigenvalue weighted by Crippen LogP contribution is -2.23. The first-order chi connectivity index (χ1) is 13.4. The van der Waals surface area contributed by atoms with Gasteiger partial charge < -0.3 is 14.9 Å². The topological polar surface area (TPSA) is 99.4 Å². The highest BCUT2D eigenvalue weighted by Crippen LogP contribution is 2.34. The summed E-state index contributed by atoms with van der Waals surface area (Å²) in [6, 6.07) is 11.0. The van der Waals surface area contributed by atoms with Gasteiger partial charge in [-0.1, -0.05) is 6.07 Å². The van der Waals surface area contributed by atoms with E-state index in [1.165, 1.54) is 34.9 Å². The van der Waals surface area contributed by atoms with Gasteiger partial charge in [0.2, 0.25) is 0 Å². The van der Waals surface area contributed by atoms with E-state index in [2.05, 4.69) is 4.99 Å². The summed E-state index contributed by atoms with van der Waals surface area (Å²) in [5.41, 5.74) is 1.44. The number of amides is 1. The van der Waals surface area contributed by atoms with Crippen molar-refractivity contribution in [1.82, 2.24) is 4.90 Å². The molecule has 0 atom stereocenters. The molecule has 1 fully saturated rings. The van der Waals surface area contributed by atoms with Crippen molar-refractivity contribution in [2.75, 3.05) is 13.7 Å². The van der Waals surface area contributed by atoms with Crippen molar-refractivity contribution in [1.29, 1.82) is 0 Å². The Labute approximate surface area is 166 Å². The minimum Gasteiger partial charge on any atom is -0.504 e. The number of thioether (sulfide) groups is 1. The number of carbonyl (C=O) groups is 2. The lowest BCUT2D eigenvalue weighted by atomic mass is 10.2. The van der Waals surface area contributed by atoms with Crippen LogP contribution in [0.2, 0.25) is 0 Å². The maximum absolute atomic E-state index is 12.5. The Bertz CT molecular complexity index is 983. The monoisotopic (exact) mass is 398 g/mol. The number of benzene rings is 2. The first kappa shape index (κ1) is 19.5. The molecule has 0 unspecified atom stereocenters. The van der Waals surface area contributed by atoms with Gasteiger partial charge in [0.05, 0.1) is 22.8 Å². The van der Waals surface area contributed by atoms with Gasteiger partial charge in [-0.05, 0) is 66.7 Å². The number of aromatic hydroxyl groups is 1. The molecule has 2 aromatic carbocycles. The second-order valence-corrected chi connectivity index (χ2v) is 6.89. The molecule has 1 amide bonds. The molecular formula is C20H18N2O5S. The number of hydrogen-bond acceptors (Lipinski definition) is 6. The molecule has 0 aromatic heterocycles. The SMILES string of the molecule is CCOc1cc(/C=C2/SC(=Nc3ccc(C(=O)O)cc3)N(C)C2=O)ccc1O. The van der Waals surface area contributed by atoms with Crippen LogP contribution in [0, 0.1) is 0 Å². The third kappa shape index (κ3) is 4.17. The smallest absolute Gasteiger partial charge is 0.335 e. The minimum atomic E-state index is -1.01. The third-order valence-electron chi connectivity index (χ3n) is 3.92. The van der Waals surface area contributed by atoms with Crippen LogP contribution in [0.4, 0.5) is 5.69 Å². The summed E-state index contributed by atoms with van der Waals surface area (Å²) >= 11 is 1.22. The van der Waals surface area contributed by atoms with E-state index in [0.717, 1.165) is 5.56 Å². The second-order valence-electron chi connectivity index (χ2n) is 5.88. The summed E-state index contributed by atoms with van der Waals surface area (Å²) in [4.78, 5) is 29.8. The van der Waals surface area contributed by atoms with Crippen molar-refractivity contribution in [3.05, 3.63) is 58.5 Å². The molecule has 28 heavy (non-hydrogen) atoms. The number of carbonyl (C=O) groups excluding carboxylic acids is 1. The van der Waals surface area contributed by atoms with E-state index in [-0.39, 0.29) is 17.2 Å². The number of ether oxygens (including phenoxy) is 1. The summed E-state index contributed by atoms with van der Waals surface area (Å²) in [7, 11) is 1.63. The van der Waals surface area contributed by atoms with Crippen molar-refractivity contribution in [3.8, 4) is 11.5 Å². The quantitative estimate of drug-likeness (QED) is 0.745. The maximum Gasteiger partial charge on any atom is 0.335 e. The fraction of sp³-hybridized carbons (Fsp3) is 0.150. The zero-order valence-electron chi connectivity index (χ0n) is 15.2. The summed E-state index contributed by atoms with van der Waals surface area (Å²) in [5.74, 6) is -0.809. The number of phenols is 1. The number of phenolic OH excluding ortho intramolecular Hbond substituents is 1. The highest BCUT2D eigenvalue weighted by atomic mass is 32.2. The molecule has 3 rings (SSSR count). The van der Waals surface area contributed by atoms with E-state index in [1.807, 2.05) is 6.92 Å². The van der Waals surface area contributed by atoms with E-state index in [9.17, 15) is 14.7 Å². The molecule has 144 valence electrons. The van der Waals surface area contributed by atoms with Gasteiger partial charge in [-0.3, -0.25) is 9.69 Å². The summed E-state index contributed by atoms with van der Waals surface area (Å²) in [6.45, 7) is 2.24. The number of nitrogens with zero attached hydrogens (tertiary/aromatic N) is 2. The van der Waals surface area contributed by atoms with Crippen molar-refractivity contribution in [2.24, 2.45) is 4.99 Å². The van der Waals surface area contributed by atoms with Gasteiger partial charge >= 0.3 is 5.97 Å². The number of amidine groups is 1. The van der Waals surface area contributed by atoms with Crippen LogP contribution in [0.3, 0.4) is 0 Å². The minimum absolute atomic E-state index is 0.0404. The van der Waals surface area contributed by atoms with Gasteiger partial charge in [-0.15, -0.1) is 0 Å². The normalized spacial score (nSPS) is 16.8. The molecular weight excluding hydrogens is 380 g/mol. The average Bonchev–Trinajstić information content (AvgIpc) is 2.93. The lowest BCUT2D eigenvalue weighted by molar-refractivity contribution is -0.121. The highest BCUT2D eigenvalue weighted by molar-refractivity contribution is 8.18. The molecule has 1 saturated heterocycles. The van der Waals surface area contributed by atoms with E-state index >= 15 is 0 Å². The molecule has 0 aliphatic carbocycles. The van der Waals surface area contributed by atoms with Crippen LogP contribution in [-0.2, 0) is 4.79 Å². The van der Waals surface area contributed by atoms with Gasteiger partial charge in [0.25, 0.3) is 5.91 Å². The molecule has 0 radical (unpaired) electrons. The Morgan fingerprint density at radius 1 is 1.25 bits per heavy atom. The largest absolute Gasteiger partial charge is 0.504 e. The summed E-state index contributed by atoms with van der Waals surface area (Å²) in [5, 5.41) is 19.2.